The molecule has 0 unspecified atom stereocenters. The molecule has 0 spiro atoms. The van der Waals surface area contributed by atoms with Gasteiger partial charge >= 0.3 is 5.97 Å². The molecule has 5 nitrogen and oxygen atoms in total. The van der Waals surface area contributed by atoms with Gasteiger partial charge in [0.15, 0.2) is 0 Å². The molecular weight excluding hydrogens is 330 g/mol. The Bertz CT molecular complexity index is 821. The molecule has 26 heavy (non-hydrogen) atoms. The van der Waals surface area contributed by atoms with E-state index in [1.807, 2.05) is 0 Å². The van der Waals surface area contributed by atoms with Crippen LogP contribution in [0.4, 0.5) is 0 Å². The first kappa shape index (κ1) is 19.1. The van der Waals surface area contributed by atoms with E-state index >= 15 is 0 Å². The van der Waals surface area contributed by atoms with Gasteiger partial charge in [0.25, 0.3) is 0 Å². The normalized spacial score (nSPS) is 11.1. The van der Waals surface area contributed by atoms with Crippen LogP contribution in [0.1, 0.15) is 27.9 Å². The van der Waals surface area contributed by atoms with Crippen LogP contribution in [0.15, 0.2) is 60.8 Å². The molecular formula is C21H21NO4. The first-order valence-corrected chi connectivity index (χ1v) is 8.22. The number of carboxylic acid groups (broad SMARTS) is 1. The van der Waals surface area contributed by atoms with Crippen LogP contribution in [-0.4, -0.2) is 41.6 Å². The minimum Gasteiger partial charge on any atom is -0.481 e. The third kappa shape index (κ3) is 5.14. The average Bonchev–Trinajstić information content (AvgIpc) is 2.64. The molecule has 2 aromatic rings. The van der Waals surface area contributed by atoms with Crippen molar-refractivity contribution >= 4 is 23.1 Å². The van der Waals surface area contributed by atoms with Crippen molar-refractivity contribution in [2.45, 2.75) is 12.8 Å². The number of ketones is 2. The van der Waals surface area contributed by atoms with E-state index in [-0.39, 0.29) is 6.42 Å². The van der Waals surface area contributed by atoms with Crippen LogP contribution in [0.3, 0.4) is 0 Å². The molecule has 0 saturated heterocycles. The summed E-state index contributed by atoms with van der Waals surface area (Å²) in [6, 6.07) is 15.5. The Morgan fingerprint density at radius 2 is 1.54 bits per heavy atom. The SMILES string of the molecule is CN(C)C=C(C(=O)C(=O)c1ccccc1)c1ccc(CCC(=O)O)cc1. The van der Waals surface area contributed by atoms with Gasteiger partial charge in [0.1, 0.15) is 0 Å². The van der Waals surface area contributed by atoms with Crippen LogP contribution in [0.5, 0.6) is 0 Å². The second kappa shape index (κ2) is 8.76. The summed E-state index contributed by atoms with van der Waals surface area (Å²) >= 11 is 0. The number of rotatable bonds is 8. The summed E-state index contributed by atoms with van der Waals surface area (Å²) in [5, 5.41) is 8.76. The smallest absolute Gasteiger partial charge is 0.303 e. The molecule has 0 aliphatic heterocycles. The first-order valence-electron chi connectivity index (χ1n) is 8.22. The zero-order valence-corrected chi connectivity index (χ0v) is 14.8. The number of aryl methyl sites for hydroxylation is 1. The number of carbonyl (C=O) groups is 3. The maximum atomic E-state index is 12.8. The number of carbonyl (C=O) groups excluding carboxylic acids is 2. The lowest BCUT2D eigenvalue weighted by Gasteiger charge is -2.12. The summed E-state index contributed by atoms with van der Waals surface area (Å²) in [4.78, 5) is 37.7. The minimum atomic E-state index is -0.856. The van der Waals surface area contributed by atoms with E-state index in [1.54, 1.807) is 79.8 Å². The second-order valence-electron chi connectivity index (χ2n) is 6.12. The molecule has 0 aliphatic carbocycles. The number of allylic oxidation sites excluding steroid dienone is 1. The molecule has 1 N–H and O–H groups in total. The summed E-state index contributed by atoms with van der Waals surface area (Å²) in [5.74, 6) is -2.00. The van der Waals surface area contributed by atoms with E-state index in [2.05, 4.69) is 0 Å². The summed E-state index contributed by atoms with van der Waals surface area (Å²) < 4.78 is 0. The monoisotopic (exact) mass is 351 g/mol. The highest BCUT2D eigenvalue weighted by molar-refractivity contribution is 6.58. The standard InChI is InChI=1S/C21H21NO4/c1-22(2)14-18(21(26)20(25)17-6-4-3-5-7-17)16-11-8-15(9-12-16)10-13-19(23)24/h3-9,11-12,14H,10,13H2,1-2H3,(H,23,24). The van der Waals surface area contributed by atoms with Crippen LogP contribution in [0, 0.1) is 0 Å². The predicted octanol–water partition coefficient (Wildman–Crippen LogP) is 3.06. The van der Waals surface area contributed by atoms with Gasteiger partial charge in [-0.25, -0.2) is 0 Å². The maximum Gasteiger partial charge on any atom is 0.303 e. The lowest BCUT2D eigenvalue weighted by molar-refractivity contribution is -0.136. The minimum absolute atomic E-state index is 0.0468. The topological polar surface area (TPSA) is 74.7 Å². The highest BCUT2D eigenvalue weighted by Crippen LogP contribution is 2.20. The van der Waals surface area contributed by atoms with Crippen molar-refractivity contribution < 1.29 is 19.5 Å². The Kier molecular flexibility index (Phi) is 6.44. The van der Waals surface area contributed by atoms with Gasteiger partial charge in [-0.3, -0.25) is 14.4 Å². The van der Waals surface area contributed by atoms with Gasteiger partial charge < -0.3 is 10.0 Å². The Morgan fingerprint density at radius 3 is 2.08 bits per heavy atom. The fraction of sp³-hybridized carbons (Fsp3) is 0.190. The third-order valence-electron chi connectivity index (χ3n) is 3.77. The summed E-state index contributed by atoms with van der Waals surface area (Å²) in [7, 11) is 3.56. The molecule has 0 saturated carbocycles. The largest absolute Gasteiger partial charge is 0.481 e. The van der Waals surface area contributed by atoms with Crippen LogP contribution >= 0.6 is 0 Å². The molecule has 2 aromatic carbocycles. The fourth-order valence-electron chi connectivity index (χ4n) is 2.47. The van der Waals surface area contributed by atoms with Gasteiger partial charge in [-0.2, -0.15) is 0 Å². The zero-order valence-electron chi connectivity index (χ0n) is 14.8. The summed E-state index contributed by atoms with van der Waals surface area (Å²) in [6.45, 7) is 0. The summed E-state index contributed by atoms with van der Waals surface area (Å²) in [5.41, 5.74) is 2.13. The van der Waals surface area contributed by atoms with E-state index < -0.39 is 17.5 Å². The predicted molar refractivity (Wildman–Crippen MR) is 99.8 cm³/mol. The molecule has 0 aliphatic rings. The van der Waals surface area contributed by atoms with Crippen LogP contribution < -0.4 is 0 Å². The average molecular weight is 351 g/mol. The van der Waals surface area contributed by atoms with Gasteiger partial charge in [0.05, 0.1) is 0 Å². The Morgan fingerprint density at radius 1 is 0.923 bits per heavy atom. The Hall–Kier alpha value is -3.21. The molecule has 0 atom stereocenters. The van der Waals surface area contributed by atoms with Gasteiger partial charge in [0.2, 0.25) is 11.6 Å². The third-order valence-corrected chi connectivity index (χ3v) is 3.77. The Balaban J connectivity index is 2.29. The zero-order chi connectivity index (χ0) is 19.1. The van der Waals surface area contributed by atoms with Gasteiger partial charge in [-0.05, 0) is 17.5 Å². The highest BCUT2D eigenvalue weighted by Gasteiger charge is 2.22. The van der Waals surface area contributed by atoms with E-state index in [4.69, 9.17) is 5.11 Å². The highest BCUT2D eigenvalue weighted by atomic mass is 16.4. The molecule has 0 heterocycles. The van der Waals surface area contributed by atoms with E-state index in [1.165, 1.54) is 0 Å². The quantitative estimate of drug-likeness (QED) is 0.449. The maximum absolute atomic E-state index is 12.8. The van der Waals surface area contributed by atoms with Crippen molar-refractivity contribution in [1.82, 2.24) is 4.90 Å². The van der Waals surface area contributed by atoms with Crippen molar-refractivity contribution in [3.05, 3.63) is 77.5 Å². The van der Waals surface area contributed by atoms with Gasteiger partial charge in [-0.1, -0.05) is 54.6 Å². The molecule has 5 heteroatoms. The number of nitrogens with zero attached hydrogens (tertiary/aromatic N) is 1. The van der Waals surface area contributed by atoms with E-state index in [0.29, 0.717) is 23.1 Å². The van der Waals surface area contributed by atoms with E-state index in [0.717, 1.165) is 5.56 Å². The van der Waals surface area contributed by atoms with Crippen molar-refractivity contribution in [2.24, 2.45) is 0 Å². The van der Waals surface area contributed by atoms with Crippen molar-refractivity contribution in [2.75, 3.05) is 14.1 Å². The second-order valence-corrected chi connectivity index (χ2v) is 6.12. The number of Topliss-reactive ketones (excluding diaryl/α,β-unsaturated/α-hetero) is 2. The number of hydrogen-bond donors (Lipinski definition) is 1. The molecule has 0 bridgehead atoms. The lowest BCUT2D eigenvalue weighted by Crippen LogP contribution is -2.18. The molecule has 2 rings (SSSR count). The van der Waals surface area contributed by atoms with Crippen molar-refractivity contribution in [1.29, 1.82) is 0 Å². The molecule has 0 amide bonds. The molecule has 0 fully saturated rings. The van der Waals surface area contributed by atoms with Crippen molar-refractivity contribution in [3.8, 4) is 0 Å². The Labute approximate surface area is 152 Å². The number of aliphatic carboxylic acids is 1. The van der Waals surface area contributed by atoms with Crippen LogP contribution in [0.2, 0.25) is 0 Å². The number of benzene rings is 2. The number of carboxylic acids is 1. The van der Waals surface area contributed by atoms with Gasteiger partial charge in [-0.15, -0.1) is 0 Å². The van der Waals surface area contributed by atoms with Crippen molar-refractivity contribution in [3.63, 3.8) is 0 Å². The van der Waals surface area contributed by atoms with Crippen LogP contribution in [-0.2, 0) is 16.0 Å². The molecule has 0 radical (unpaired) electrons. The molecule has 134 valence electrons. The van der Waals surface area contributed by atoms with Gasteiger partial charge in [0, 0.05) is 37.9 Å². The molecule has 0 aromatic heterocycles. The number of hydrogen-bond acceptors (Lipinski definition) is 4. The van der Waals surface area contributed by atoms with Crippen LogP contribution in [0.25, 0.3) is 5.57 Å². The fourth-order valence-corrected chi connectivity index (χ4v) is 2.47. The lowest BCUT2D eigenvalue weighted by atomic mass is 9.95. The first-order chi connectivity index (χ1) is 12.4. The van der Waals surface area contributed by atoms with E-state index in [9.17, 15) is 14.4 Å². The summed E-state index contributed by atoms with van der Waals surface area (Å²) in [6.07, 6.45) is 2.08.